The van der Waals surface area contributed by atoms with Gasteiger partial charge in [-0.25, -0.2) is 4.79 Å². The third-order valence-corrected chi connectivity index (χ3v) is 3.64. The molecule has 6 heteroatoms. The summed E-state index contributed by atoms with van der Waals surface area (Å²) in [6.07, 6.45) is 1.78. The molecule has 110 valence electrons. The maximum absolute atomic E-state index is 12.0. The van der Waals surface area contributed by atoms with Crippen LogP contribution in [0.3, 0.4) is 0 Å². The Morgan fingerprint density at radius 2 is 1.95 bits per heavy atom. The van der Waals surface area contributed by atoms with Crippen LogP contribution in [0.15, 0.2) is 0 Å². The second kappa shape index (κ2) is 7.33. The number of aliphatic carboxylic acids is 1. The van der Waals surface area contributed by atoms with E-state index in [1.165, 1.54) is 0 Å². The summed E-state index contributed by atoms with van der Waals surface area (Å²) in [7, 11) is 0. The van der Waals surface area contributed by atoms with Crippen molar-refractivity contribution in [1.82, 2.24) is 10.2 Å². The first-order valence-electron chi connectivity index (χ1n) is 6.89. The van der Waals surface area contributed by atoms with E-state index in [1.54, 1.807) is 4.90 Å². The molecule has 0 aliphatic carbocycles. The van der Waals surface area contributed by atoms with Gasteiger partial charge in [-0.3, -0.25) is 4.79 Å². The number of hydrogen-bond acceptors (Lipinski definition) is 3. The lowest BCUT2D eigenvalue weighted by Crippen LogP contribution is -2.49. The predicted octanol–water partition coefficient (Wildman–Crippen LogP) is 1.31. The maximum atomic E-state index is 12.0. The molecule has 1 rings (SSSR count). The molecular weight excluding hydrogens is 248 g/mol. The zero-order chi connectivity index (χ0) is 14.3. The number of hydrogen-bond donors (Lipinski definition) is 2. The third-order valence-electron chi connectivity index (χ3n) is 3.64. The summed E-state index contributed by atoms with van der Waals surface area (Å²) < 4.78 is 5.20. The van der Waals surface area contributed by atoms with Gasteiger partial charge in [0.15, 0.2) is 0 Å². The number of carboxylic acids is 1. The summed E-state index contributed by atoms with van der Waals surface area (Å²) in [4.78, 5) is 25.1. The molecule has 0 unspecified atom stereocenters. The highest BCUT2D eigenvalue weighted by Crippen LogP contribution is 2.30. The summed E-state index contributed by atoms with van der Waals surface area (Å²) >= 11 is 0. The van der Waals surface area contributed by atoms with Crippen LogP contribution in [0.1, 0.15) is 33.1 Å². The zero-order valence-electron chi connectivity index (χ0n) is 11.8. The molecule has 0 aromatic carbocycles. The van der Waals surface area contributed by atoms with Crippen LogP contribution in [-0.2, 0) is 9.53 Å². The van der Waals surface area contributed by atoms with Gasteiger partial charge in [0.05, 0.1) is 5.41 Å². The Morgan fingerprint density at radius 3 is 2.42 bits per heavy atom. The minimum atomic E-state index is -0.875. The molecule has 1 heterocycles. The van der Waals surface area contributed by atoms with Gasteiger partial charge in [-0.15, -0.1) is 0 Å². The van der Waals surface area contributed by atoms with Gasteiger partial charge in [-0.2, -0.15) is 0 Å². The van der Waals surface area contributed by atoms with Crippen LogP contribution in [-0.4, -0.2) is 54.9 Å². The highest BCUT2D eigenvalue weighted by atomic mass is 16.5. The standard InChI is InChI=1S/C13H24N2O4/c1-3-7-15(4-2)12(18)14-10-13(11(16)17)5-8-19-9-6-13/h3-10H2,1-2H3,(H,14,18)(H,16,17). The highest BCUT2D eigenvalue weighted by Gasteiger charge is 2.40. The molecule has 1 aliphatic heterocycles. The first kappa shape index (κ1) is 15.8. The van der Waals surface area contributed by atoms with E-state index < -0.39 is 11.4 Å². The Labute approximate surface area is 114 Å². The number of urea groups is 1. The number of amides is 2. The van der Waals surface area contributed by atoms with Gasteiger partial charge in [0.2, 0.25) is 0 Å². The second-order valence-corrected chi connectivity index (χ2v) is 4.94. The smallest absolute Gasteiger partial charge is 0.317 e. The molecule has 1 aliphatic rings. The lowest BCUT2D eigenvalue weighted by molar-refractivity contribution is -0.154. The number of rotatable bonds is 6. The van der Waals surface area contributed by atoms with Crippen LogP contribution in [0.2, 0.25) is 0 Å². The molecule has 0 atom stereocenters. The normalized spacial score (nSPS) is 17.8. The van der Waals surface area contributed by atoms with Crippen molar-refractivity contribution in [2.45, 2.75) is 33.1 Å². The van der Waals surface area contributed by atoms with Crippen LogP contribution in [0, 0.1) is 5.41 Å². The van der Waals surface area contributed by atoms with Crippen molar-refractivity contribution in [1.29, 1.82) is 0 Å². The van der Waals surface area contributed by atoms with Crippen LogP contribution >= 0.6 is 0 Å². The first-order chi connectivity index (χ1) is 9.05. The quantitative estimate of drug-likeness (QED) is 0.764. The van der Waals surface area contributed by atoms with Crippen molar-refractivity contribution in [2.24, 2.45) is 5.41 Å². The molecule has 2 amide bonds. The fraction of sp³-hybridized carbons (Fsp3) is 0.846. The van der Waals surface area contributed by atoms with Gasteiger partial charge in [-0.05, 0) is 26.2 Å². The minimum absolute atomic E-state index is 0.171. The fourth-order valence-electron chi connectivity index (χ4n) is 2.26. The number of carbonyl (C=O) groups is 2. The molecule has 0 aromatic rings. The average molecular weight is 272 g/mol. The van der Waals surface area contributed by atoms with E-state index in [-0.39, 0.29) is 12.6 Å². The second-order valence-electron chi connectivity index (χ2n) is 4.94. The Bertz CT molecular complexity index is 314. The predicted molar refractivity (Wildman–Crippen MR) is 71.1 cm³/mol. The van der Waals surface area contributed by atoms with Crippen molar-refractivity contribution < 1.29 is 19.4 Å². The van der Waals surface area contributed by atoms with E-state index in [9.17, 15) is 14.7 Å². The van der Waals surface area contributed by atoms with Crippen LogP contribution < -0.4 is 5.32 Å². The summed E-state index contributed by atoms with van der Waals surface area (Å²) in [6.45, 7) is 6.28. The Balaban J connectivity index is 2.56. The molecule has 0 aromatic heterocycles. The molecule has 0 bridgehead atoms. The first-order valence-corrected chi connectivity index (χ1v) is 6.89. The molecule has 2 N–H and O–H groups in total. The van der Waals surface area contributed by atoms with Gasteiger partial charge in [0, 0.05) is 32.8 Å². The van der Waals surface area contributed by atoms with Crippen LogP contribution in [0.5, 0.6) is 0 Å². The zero-order valence-corrected chi connectivity index (χ0v) is 11.8. The molecule has 0 radical (unpaired) electrons. The average Bonchev–Trinajstić information content (AvgIpc) is 2.43. The Hall–Kier alpha value is -1.30. The Kier molecular flexibility index (Phi) is 6.08. The summed E-state index contributed by atoms with van der Waals surface area (Å²) in [5.41, 5.74) is -0.875. The number of carboxylic acid groups (broad SMARTS) is 1. The highest BCUT2D eigenvalue weighted by molar-refractivity contribution is 5.78. The molecule has 1 fully saturated rings. The van der Waals surface area contributed by atoms with Crippen molar-refractivity contribution in [3.05, 3.63) is 0 Å². The van der Waals surface area contributed by atoms with Crippen molar-refractivity contribution in [2.75, 3.05) is 32.8 Å². The topological polar surface area (TPSA) is 78.9 Å². The van der Waals surface area contributed by atoms with Crippen molar-refractivity contribution in [3.63, 3.8) is 0 Å². The van der Waals surface area contributed by atoms with E-state index in [4.69, 9.17) is 4.74 Å². The van der Waals surface area contributed by atoms with Crippen molar-refractivity contribution >= 4 is 12.0 Å². The third kappa shape index (κ3) is 4.09. The largest absolute Gasteiger partial charge is 0.481 e. The number of carbonyl (C=O) groups excluding carboxylic acids is 1. The van der Waals surface area contributed by atoms with Gasteiger partial charge in [0.25, 0.3) is 0 Å². The molecule has 6 nitrogen and oxygen atoms in total. The molecule has 19 heavy (non-hydrogen) atoms. The summed E-state index contributed by atoms with van der Waals surface area (Å²) in [5.74, 6) is -0.852. The fourth-order valence-corrected chi connectivity index (χ4v) is 2.26. The lowest BCUT2D eigenvalue weighted by Gasteiger charge is -2.34. The minimum Gasteiger partial charge on any atom is -0.481 e. The van der Waals surface area contributed by atoms with E-state index in [0.717, 1.165) is 6.42 Å². The Morgan fingerprint density at radius 1 is 1.32 bits per heavy atom. The van der Waals surface area contributed by atoms with Crippen molar-refractivity contribution in [3.8, 4) is 0 Å². The van der Waals surface area contributed by atoms with Gasteiger partial charge >= 0.3 is 12.0 Å². The summed E-state index contributed by atoms with van der Waals surface area (Å²) in [5, 5.41) is 12.1. The number of ether oxygens (including phenoxy) is 1. The van der Waals surface area contributed by atoms with Gasteiger partial charge < -0.3 is 20.1 Å². The molecule has 1 saturated heterocycles. The number of nitrogens with one attached hydrogen (secondary N) is 1. The van der Waals surface area contributed by atoms with Crippen LogP contribution in [0.4, 0.5) is 4.79 Å². The summed E-state index contributed by atoms with van der Waals surface area (Å²) in [6, 6.07) is -0.184. The molecule has 0 spiro atoms. The molecule has 0 saturated carbocycles. The molecular formula is C13H24N2O4. The monoisotopic (exact) mass is 272 g/mol. The van der Waals surface area contributed by atoms with E-state index in [1.807, 2.05) is 13.8 Å². The maximum Gasteiger partial charge on any atom is 0.317 e. The number of nitrogens with zero attached hydrogens (tertiary/aromatic N) is 1. The van der Waals surface area contributed by atoms with Gasteiger partial charge in [0.1, 0.15) is 0 Å². The van der Waals surface area contributed by atoms with E-state index in [0.29, 0.717) is 39.1 Å². The van der Waals surface area contributed by atoms with Gasteiger partial charge in [-0.1, -0.05) is 6.92 Å². The van der Waals surface area contributed by atoms with Crippen LogP contribution in [0.25, 0.3) is 0 Å². The SMILES string of the molecule is CCCN(CC)C(=O)NCC1(C(=O)O)CCOCC1. The van der Waals surface area contributed by atoms with E-state index >= 15 is 0 Å². The lowest BCUT2D eigenvalue weighted by atomic mass is 9.80. The van der Waals surface area contributed by atoms with E-state index in [2.05, 4.69) is 5.32 Å².